The number of hydrogen-bond donors (Lipinski definition) is 1. The molecule has 1 atom stereocenters. The second-order valence-electron chi connectivity index (χ2n) is 4.56. The van der Waals surface area contributed by atoms with Crippen LogP contribution in [0.5, 0.6) is 0 Å². The van der Waals surface area contributed by atoms with Gasteiger partial charge in [0, 0.05) is 17.6 Å². The average Bonchev–Trinajstić information content (AvgIpc) is 2.25. The fourth-order valence-corrected chi connectivity index (χ4v) is 1.84. The molecule has 0 saturated carbocycles. The van der Waals surface area contributed by atoms with Crippen LogP contribution in [0, 0.1) is 6.92 Å². The van der Waals surface area contributed by atoms with Crippen molar-refractivity contribution in [2.24, 2.45) is 5.73 Å². The highest BCUT2D eigenvalue weighted by molar-refractivity contribution is 5.79. The lowest BCUT2D eigenvalue weighted by Crippen LogP contribution is -2.15. The first-order valence-electron chi connectivity index (χ1n) is 5.76. The molecule has 2 rings (SSSR count). The molecule has 1 aromatic heterocycles. The van der Waals surface area contributed by atoms with Crippen LogP contribution in [-0.2, 0) is 6.42 Å². The summed E-state index contributed by atoms with van der Waals surface area (Å²) in [6.45, 7) is 4.12. The monoisotopic (exact) mass is 214 g/mol. The van der Waals surface area contributed by atoms with Crippen LogP contribution in [-0.4, -0.2) is 11.0 Å². The van der Waals surface area contributed by atoms with Crippen LogP contribution in [0.2, 0.25) is 0 Å². The van der Waals surface area contributed by atoms with Crippen molar-refractivity contribution in [3.8, 4) is 0 Å². The van der Waals surface area contributed by atoms with Gasteiger partial charge in [-0.2, -0.15) is 0 Å². The highest BCUT2D eigenvalue weighted by Gasteiger charge is 2.00. The zero-order chi connectivity index (χ0) is 11.5. The minimum absolute atomic E-state index is 0.270. The van der Waals surface area contributed by atoms with Crippen LogP contribution in [0.25, 0.3) is 10.9 Å². The van der Waals surface area contributed by atoms with Gasteiger partial charge in [0.15, 0.2) is 0 Å². The Balaban J connectivity index is 2.28. The summed E-state index contributed by atoms with van der Waals surface area (Å²) in [5.74, 6) is 0. The van der Waals surface area contributed by atoms with Crippen LogP contribution >= 0.6 is 0 Å². The number of hydrogen-bond acceptors (Lipinski definition) is 2. The van der Waals surface area contributed by atoms with Gasteiger partial charge in [0.05, 0.1) is 5.52 Å². The molecule has 2 nitrogen and oxygen atoms in total. The zero-order valence-corrected chi connectivity index (χ0v) is 9.90. The summed E-state index contributed by atoms with van der Waals surface area (Å²) in [7, 11) is 0. The predicted molar refractivity (Wildman–Crippen MR) is 68.5 cm³/mol. The number of fused-ring (bicyclic) bond motifs is 1. The van der Waals surface area contributed by atoms with Gasteiger partial charge in [-0.1, -0.05) is 6.07 Å². The van der Waals surface area contributed by atoms with E-state index in [2.05, 4.69) is 36.2 Å². The molecule has 0 amide bonds. The first-order chi connectivity index (χ1) is 7.65. The van der Waals surface area contributed by atoms with Crippen LogP contribution in [0.15, 0.2) is 30.5 Å². The smallest absolute Gasteiger partial charge is 0.0702 e. The van der Waals surface area contributed by atoms with Gasteiger partial charge in [-0.3, -0.25) is 4.98 Å². The second kappa shape index (κ2) is 4.62. The number of benzene rings is 1. The maximum absolute atomic E-state index is 5.76. The van der Waals surface area contributed by atoms with Crippen LogP contribution in [0.1, 0.15) is 24.5 Å². The molecule has 0 fully saturated rings. The van der Waals surface area contributed by atoms with Gasteiger partial charge in [0.2, 0.25) is 0 Å². The fraction of sp³-hybridized carbons (Fsp3) is 0.357. The minimum atomic E-state index is 0.270. The van der Waals surface area contributed by atoms with Crippen molar-refractivity contribution in [1.82, 2.24) is 4.98 Å². The third-order valence-corrected chi connectivity index (χ3v) is 2.77. The van der Waals surface area contributed by atoms with Gasteiger partial charge in [-0.25, -0.2) is 0 Å². The molecule has 2 N–H and O–H groups in total. The lowest BCUT2D eigenvalue weighted by Gasteiger charge is -2.06. The Morgan fingerprint density at radius 2 is 2.12 bits per heavy atom. The van der Waals surface area contributed by atoms with E-state index in [9.17, 15) is 0 Å². The molecule has 16 heavy (non-hydrogen) atoms. The molecule has 0 aliphatic rings. The Kier molecular flexibility index (Phi) is 3.20. The maximum Gasteiger partial charge on any atom is 0.0702 e. The number of aryl methyl sites for hydroxylation is 2. The third kappa shape index (κ3) is 2.58. The van der Waals surface area contributed by atoms with Gasteiger partial charge in [-0.15, -0.1) is 0 Å². The zero-order valence-electron chi connectivity index (χ0n) is 9.90. The molecule has 0 aliphatic heterocycles. The second-order valence-corrected chi connectivity index (χ2v) is 4.56. The van der Waals surface area contributed by atoms with Gasteiger partial charge < -0.3 is 5.73 Å². The molecule has 1 unspecified atom stereocenters. The molecule has 0 aliphatic carbocycles. The number of nitrogens with two attached hydrogens (primary N) is 1. The van der Waals surface area contributed by atoms with Crippen molar-refractivity contribution in [3.05, 3.63) is 41.6 Å². The summed E-state index contributed by atoms with van der Waals surface area (Å²) in [4.78, 5) is 4.39. The Labute approximate surface area is 96.5 Å². The van der Waals surface area contributed by atoms with Gasteiger partial charge in [-0.05, 0) is 56.0 Å². The summed E-state index contributed by atoms with van der Waals surface area (Å²) in [6, 6.07) is 8.90. The van der Waals surface area contributed by atoms with Crippen molar-refractivity contribution in [2.45, 2.75) is 32.7 Å². The molecule has 0 spiro atoms. The molecule has 0 saturated heterocycles. The topological polar surface area (TPSA) is 38.9 Å². The van der Waals surface area contributed by atoms with Crippen molar-refractivity contribution in [3.63, 3.8) is 0 Å². The quantitative estimate of drug-likeness (QED) is 0.853. The molecule has 1 aromatic carbocycles. The minimum Gasteiger partial charge on any atom is -0.328 e. The Bertz CT molecular complexity index is 489. The number of aromatic nitrogens is 1. The first kappa shape index (κ1) is 11.1. The van der Waals surface area contributed by atoms with Crippen LogP contribution in [0.3, 0.4) is 0 Å². The van der Waals surface area contributed by atoms with Crippen LogP contribution in [0.4, 0.5) is 0 Å². The largest absolute Gasteiger partial charge is 0.328 e. The molecular weight excluding hydrogens is 196 g/mol. The molecular formula is C14H18N2. The van der Waals surface area contributed by atoms with E-state index in [0.29, 0.717) is 0 Å². The molecule has 1 heterocycles. The highest BCUT2D eigenvalue weighted by Crippen LogP contribution is 2.16. The standard InChI is InChI=1S/C14H18N2/c1-10-7-13-8-12(4-3-11(2)15)5-6-14(13)16-9-10/h5-9,11H,3-4,15H2,1-2H3. The summed E-state index contributed by atoms with van der Waals surface area (Å²) >= 11 is 0. The Hall–Kier alpha value is -1.41. The van der Waals surface area contributed by atoms with E-state index in [-0.39, 0.29) is 6.04 Å². The normalized spacial score (nSPS) is 12.9. The van der Waals surface area contributed by atoms with Gasteiger partial charge in [0.1, 0.15) is 0 Å². The predicted octanol–water partition coefficient (Wildman–Crippen LogP) is 2.82. The third-order valence-electron chi connectivity index (χ3n) is 2.77. The van der Waals surface area contributed by atoms with Crippen molar-refractivity contribution in [1.29, 1.82) is 0 Å². The van der Waals surface area contributed by atoms with E-state index < -0.39 is 0 Å². The summed E-state index contributed by atoms with van der Waals surface area (Å²) < 4.78 is 0. The lowest BCUT2D eigenvalue weighted by molar-refractivity contribution is 0.666. The first-order valence-corrected chi connectivity index (χ1v) is 5.76. The van der Waals surface area contributed by atoms with Crippen LogP contribution < -0.4 is 5.73 Å². The van der Waals surface area contributed by atoms with Crippen molar-refractivity contribution >= 4 is 10.9 Å². The Morgan fingerprint density at radius 3 is 2.88 bits per heavy atom. The van der Waals surface area contributed by atoms with Crippen molar-refractivity contribution in [2.75, 3.05) is 0 Å². The molecule has 0 radical (unpaired) electrons. The summed E-state index contributed by atoms with van der Waals surface area (Å²) in [6.07, 6.45) is 3.98. The summed E-state index contributed by atoms with van der Waals surface area (Å²) in [5.41, 5.74) is 9.38. The molecule has 2 heteroatoms. The van der Waals surface area contributed by atoms with Crippen molar-refractivity contribution < 1.29 is 0 Å². The number of nitrogens with zero attached hydrogens (tertiary/aromatic N) is 1. The van der Waals surface area contributed by atoms with E-state index in [1.807, 2.05) is 13.1 Å². The van der Waals surface area contributed by atoms with E-state index in [1.165, 1.54) is 16.5 Å². The van der Waals surface area contributed by atoms with E-state index >= 15 is 0 Å². The maximum atomic E-state index is 5.76. The summed E-state index contributed by atoms with van der Waals surface area (Å²) in [5, 5.41) is 1.22. The highest BCUT2D eigenvalue weighted by atomic mass is 14.6. The Morgan fingerprint density at radius 1 is 1.31 bits per heavy atom. The average molecular weight is 214 g/mol. The van der Waals surface area contributed by atoms with E-state index in [4.69, 9.17) is 5.73 Å². The van der Waals surface area contributed by atoms with Gasteiger partial charge in [0.25, 0.3) is 0 Å². The number of rotatable bonds is 3. The van der Waals surface area contributed by atoms with E-state index in [1.54, 1.807) is 0 Å². The lowest BCUT2D eigenvalue weighted by atomic mass is 10.0. The van der Waals surface area contributed by atoms with Gasteiger partial charge >= 0.3 is 0 Å². The fourth-order valence-electron chi connectivity index (χ4n) is 1.84. The number of pyridine rings is 1. The SMILES string of the molecule is Cc1cnc2ccc(CCC(C)N)cc2c1. The molecule has 0 bridgehead atoms. The van der Waals surface area contributed by atoms with E-state index in [0.717, 1.165) is 18.4 Å². The molecule has 2 aromatic rings. The molecule has 84 valence electrons.